The highest BCUT2D eigenvalue weighted by Crippen LogP contribution is 1.93. The Morgan fingerprint density at radius 3 is 2.60 bits per heavy atom. The fourth-order valence-corrected chi connectivity index (χ4v) is 0.684. The molecule has 0 bridgehead atoms. The molecule has 2 nitrogen and oxygen atoms in total. The summed E-state index contributed by atoms with van der Waals surface area (Å²) in [5.41, 5.74) is 1.76. The number of carbonyl (C=O) groups excluding carboxylic acids is 1. The Bertz CT molecular complexity index is 225. The molecule has 1 rings (SSSR count). The summed E-state index contributed by atoms with van der Waals surface area (Å²) in [6, 6.07) is 1.82. The highest BCUT2D eigenvalue weighted by Gasteiger charge is 1.92. The standard InChI is InChI=1S/C7H7NO.HI/c1-6-2-7(5-9)4-8-3-6;/h2-5H,1H3;1H. The van der Waals surface area contributed by atoms with Crippen LogP contribution in [0.5, 0.6) is 0 Å². The van der Waals surface area contributed by atoms with E-state index in [0.717, 1.165) is 11.8 Å². The van der Waals surface area contributed by atoms with E-state index in [0.29, 0.717) is 5.56 Å². The molecule has 0 atom stereocenters. The van der Waals surface area contributed by atoms with Gasteiger partial charge in [-0.25, -0.2) is 4.98 Å². The van der Waals surface area contributed by atoms with E-state index < -0.39 is 0 Å². The zero-order chi connectivity index (χ0) is 6.69. The van der Waals surface area contributed by atoms with Crippen LogP contribution in [-0.4, -0.2) is 6.29 Å². The van der Waals surface area contributed by atoms with Gasteiger partial charge >= 0.3 is 0 Å². The average molecular weight is 249 g/mol. The van der Waals surface area contributed by atoms with Crippen molar-refractivity contribution in [2.75, 3.05) is 0 Å². The molecule has 3 heteroatoms. The largest absolute Gasteiger partial charge is 1.00 e. The fourth-order valence-electron chi connectivity index (χ4n) is 0.684. The van der Waals surface area contributed by atoms with Crippen molar-refractivity contribution >= 4 is 6.29 Å². The number of carbonyl (C=O) groups is 1. The molecule has 0 amide bonds. The molecule has 1 heterocycles. The minimum absolute atomic E-state index is 0. The Hall–Kier alpha value is -0.450. The molecule has 0 radical (unpaired) electrons. The van der Waals surface area contributed by atoms with E-state index in [2.05, 4.69) is 4.98 Å². The molecule has 0 aliphatic heterocycles. The van der Waals surface area contributed by atoms with E-state index in [4.69, 9.17) is 0 Å². The molecule has 10 heavy (non-hydrogen) atoms. The van der Waals surface area contributed by atoms with Gasteiger partial charge in [-0.05, 0) is 13.0 Å². The van der Waals surface area contributed by atoms with Gasteiger partial charge in [-0.1, -0.05) is 0 Å². The molecule has 54 valence electrons. The van der Waals surface area contributed by atoms with Gasteiger partial charge in [0, 0.05) is 5.56 Å². The number of aromatic nitrogens is 1. The second kappa shape index (κ2) is 4.38. The van der Waals surface area contributed by atoms with E-state index in [-0.39, 0.29) is 24.0 Å². The van der Waals surface area contributed by atoms with Crippen LogP contribution in [0.3, 0.4) is 0 Å². The van der Waals surface area contributed by atoms with Crippen LogP contribution in [0.1, 0.15) is 15.9 Å². The van der Waals surface area contributed by atoms with E-state index in [1.165, 1.54) is 0 Å². The molecular weight excluding hydrogens is 241 g/mol. The smallest absolute Gasteiger partial charge is 0.177 e. The number of hydrogen-bond acceptors (Lipinski definition) is 1. The van der Waals surface area contributed by atoms with Gasteiger partial charge in [-0.2, -0.15) is 0 Å². The number of aryl methyl sites for hydroxylation is 1. The lowest BCUT2D eigenvalue weighted by Crippen LogP contribution is -3.00. The summed E-state index contributed by atoms with van der Waals surface area (Å²) in [5.74, 6) is 0. The molecule has 0 aliphatic carbocycles. The summed E-state index contributed by atoms with van der Waals surface area (Å²) in [5, 5.41) is 0. The van der Waals surface area contributed by atoms with Gasteiger partial charge < -0.3 is 24.0 Å². The molecular formula is C7H8INO. The second-order valence-electron chi connectivity index (χ2n) is 1.96. The Morgan fingerprint density at radius 1 is 1.50 bits per heavy atom. The van der Waals surface area contributed by atoms with Gasteiger partial charge in [0.15, 0.2) is 18.7 Å². The highest BCUT2D eigenvalue weighted by atomic mass is 127. The van der Waals surface area contributed by atoms with Crippen LogP contribution in [0.4, 0.5) is 0 Å². The van der Waals surface area contributed by atoms with Crippen molar-refractivity contribution in [1.29, 1.82) is 0 Å². The molecule has 0 saturated heterocycles. The van der Waals surface area contributed by atoms with Gasteiger partial charge in [-0.15, -0.1) is 0 Å². The first-order valence-electron chi connectivity index (χ1n) is 2.76. The molecule has 0 fully saturated rings. The minimum Gasteiger partial charge on any atom is -1.00 e. The van der Waals surface area contributed by atoms with Crippen LogP contribution >= 0.6 is 0 Å². The zero-order valence-corrected chi connectivity index (χ0v) is 7.75. The van der Waals surface area contributed by atoms with Crippen LogP contribution in [0.25, 0.3) is 0 Å². The first kappa shape index (κ1) is 9.55. The van der Waals surface area contributed by atoms with E-state index in [9.17, 15) is 4.79 Å². The minimum atomic E-state index is 0. The quantitative estimate of drug-likeness (QED) is 0.404. The topological polar surface area (TPSA) is 31.2 Å². The van der Waals surface area contributed by atoms with Crippen molar-refractivity contribution in [3.8, 4) is 0 Å². The number of halogens is 1. The Morgan fingerprint density at radius 2 is 2.20 bits per heavy atom. The lowest BCUT2D eigenvalue weighted by atomic mass is 10.2. The van der Waals surface area contributed by atoms with Crippen LogP contribution in [0, 0.1) is 6.92 Å². The Balaban J connectivity index is 0.000000810. The van der Waals surface area contributed by atoms with Crippen molar-refractivity contribution in [1.82, 2.24) is 0 Å². The summed E-state index contributed by atoms with van der Waals surface area (Å²) >= 11 is 0. The van der Waals surface area contributed by atoms with Crippen LogP contribution in [-0.2, 0) is 0 Å². The van der Waals surface area contributed by atoms with E-state index in [1.807, 2.05) is 19.2 Å². The summed E-state index contributed by atoms with van der Waals surface area (Å²) < 4.78 is 0. The molecule has 1 aromatic rings. The maximum absolute atomic E-state index is 10.1. The molecule has 0 unspecified atom stereocenters. The normalized spacial score (nSPS) is 8.10. The third-order valence-electron chi connectivity index (χ3n) is 1.09. The maximum atomic E-state index is 10.1. The highest BCUT2D eigenvalue weighted by molar-refractivity contribution is 5.73. The van der Waals surface area contributed by atoms with Crippen molar-refractivity contribution in [2.24, 2.45) is 0 Å². The first-order chi connectivity index (χ1) is 4.33. The predicted molar refractivity (Wildman–Crippen MR) is 33.1 cm³/mol. The number of pyridine rings is 1. The van der Waals surface area contributed by atoms with Gasteiger partial charge in [-0.3, -0.25) is 4.79 Å². The number of hydrogen-bond donors (Lipinski definition) is 0. The predicted octanol–water partition coefficient (Wildman–Crippen LogP) is -2.37. The Labute approximate surface area is 76.7 Å². The van der Waals surface area contributed by atoms with Crippen molar-refractivity contribution < 1.29 is 33.8 Å². The summed E-state index contributed by atoms with van der Waals surface area (Å²) in [4.78, 5) is 13.0. The van der Waals surface area contributed by atoms with Gasteiger partial charge in [0.25, 0.3) is 0 Å². The SMILES string of the molecule is Cc1c[nH+]cc(C=O)c1.[I-]. The lowest BCUT2D eigenvalue weighted by molar-refractivity contribution is -0.378. The summed E-state index contributed by atoms with van der Waals surface area (Å²) in [6.07, 6.45) is 4.33. The third-order valence-corrected chi connectivity index (χ3v) is 1.09. The number of nitrogens with one attached hydrogen (secondary N) is 1. The monoisotopic (exact) mass is 249 g/mol. The Kier molecular flexibility index (Phi) is 4.18. The summed E-state index contributed by atoms with van der Waals surface area (Å²) in [6.45, 7) is 1.93. The molecule has 0 aromatic carbocycles. The molecule has 0 spiro atoms. The maximum Gasteiger partial charge on any atom is 0.177 e. The second-order valence-corrected chi connectivity index (χ2v) is 1.96. The zero-order valence-electron chi connectivity index (χ0n) is 5.60. The molecule has 0 aliphatic rings. The molecule has 0 saturated carbocycles. The van der Waals surface area contributed by atoms with Crippen molar-refractivity contribution in [3.05, 3.63) is 29.6 Å². The van der Waals surface area contributed by atoms with Gasteiger partial charge in [0.1, 0.15) is 0 Å². The first-order valence-corrected chi connectivity index (χ1v) is 2.76. The number of H-pyrrole nitrogens is 1. The van der Waals surface area contributed by atoms with Crippen molar-refractivity contribution in [2.45, 2.75) is 6.92 Å². The van der Waals surface area contributed by atoms with Crippen molar-refractivity contribution in [3.63, 3.8) is 0 Å². The number of rotatable bonds is 1. The van der Waals surface area contributed by atoms with Crippen LogP contribution in [0.2, 0.25) is 0 Å². The van der Waals surface area contributed by atoms with E-state index >= 15 is 0 Å². The average Bonchev–Trinajstić information content (AvgIpc) is 1.88. The fraction of sp³-hybridized carbons (Fsp3) is 0.143. The summed E-state index contributed by atoms with van der Waals surface area (Å²) in [7, 11) is 0. The molecule has 1 aromatic heterocycles. The van der Waals surface area contributed by atoms with Gasteiger partial charge in [0.05, 0.1) is 5.56 Å². The van der Waals surface area contributed by atoms with E-state index in [1.54, 1.807) is 6.20 Å². The molecule has 1 N–H and O–H groups in total. The van der Waals surface area contributed by atoms with Crippen LogP contribution in [0.15, 0.2) is 18.5 Å². The lowest BCUT2D eigenvalue weighted by Gasteiger charge is -1.83. The number of aromatic amines is 1. The third kappa shape index (κ3) is 2.43. The van der Waals surface area contributed by atoms with Crippen LogP contribution < -0.4 is 29.0 Å². The number of aldehydes is 1. The van der Waals surface area contributed by atoms with Gasteiger partial charge in [0.2, 0.25) is 0 Å².